The number of hydrogen-bond donors (Lipinski definition) is 0. The van der Waals surface area contributed by atoms with Gasteiger partial charge in [0.25, 0.3) is 15.9 Å². The van der Waals surface area contributed by atoms with E-state index in [0.717, 1.165) is 22.9 Å². The fraction of sp³-hybridized carbons (Fsp3) is 0.0833. The molecule has 0 aliphatic carbocycles. The Kier molecular flexibility index (Phi) is 6.13. The summed E-state index contributed by atoms with van der Waals surface area (Å²) in [7, 11) is -3.84. The van der Waals surface area contributed by atoms with Crippen LogP contribution in [0.5, 0.6) is 5.75 Å². The van der Waals surface area contributed by atoms with Gasteiger partial charge in [-0.05, 0) is 48.5 Å². The molecule has 0 atom stereocenters. The molecule has 0 saturated heterocycles. The van der Waals surface area contributed by atoms with E-state index in [1.807, 2.05) is 0 Å². The summed E-state index contributed by atoms with van der Waals surface area (Å²) in [6.45, 7) is 0. The second-order valence-electron chi connectivity index (χ2n) is 8.23. The predicted octanol–water partition coefficient (Wildman–Crippen LogP) is 5.61. The van der Waals surface area contributed by atoms with Crippen molar-refractivity contribution < 1.29 is 53.1 Å². The Bertz CT molecular complexity index is 1790. The van der Waals surface area contributed by atoms with Crippen LogP contribution in [0.2, 0.25) is 0 Å². The zero-order valence-electron chi connectivity index (χ0n) is 19.5. The SMILES string of the molecule is COc1ccc(-c2cc(C(F)(F)F)nn2-c2ccc3c(c2)C(=O)N(c2c(F)c(F)c(F)c(F)c2F)S3(=O)=O)cc1. The first-order chi connectivity index (χ1) is 18.7. The lowest BCUT2D eigenvalue weighted by Gasteiger charge is -2.17. The van der Waals surface area contributed by atoms with Gasteiger partial charge in [-0.3, -0.25) is 4.79 Å². The molecule has 0 unspecified atom stereocenters. The van der Waals surface area contributed by atoms with Crippen molar-refractivity contribution in [3.8, 4) is 22.7 Å². The Morgan fingerprint density at radius 3 is 1.95 bits per heavy atom. The Morgan fingerprint density at radius 2 is 1.40 bits per heavy atom. The third-order valence-electron chi connectivity index (χ3n) is 5.92. The number of nitrogens with zero attached hydrogens (tertiary/aromatic N) is 3. The molecule has 3 aromatic carbocycles. The number of alkyl halides is 3. The number of fused-ring (bicyclic) bond motifs is 1. The summed E-state index contributed by atoms with van der Waals surface area (Å²) in [5.74, 6) is -14.0. The molecule has 0 bridgehead atoms. The van der Waals surface area contributed by atoms with Crippen LogP contribution < -0.4 is 9.04 Å². The number of ether oxygens (including phenoxy) is 1. The van der Waals surface area contributed by atoms with Crippen LogP contribution in [-0.4, -0.2) is 31.2 Å². The molecule has 5 rings (SSSR count). The first-order valence-electron chi connectivity index (χ1n) is 10.8. The van der Waals surface area contributed by atoms with Gasteiger partial charge in [0.1, 0.15) is 16.3 Å². The number of benzene rings is 3. The maximum Gasteiger partial charge on any atom is 0.435 e. The maximum atomic E-state index is 14.4. The van der Waals surface area contributed by atoms with E-state index in [-0.39, 0.29) is 16.9 Å². The highest BCUT2D eigenvalue weighted by Crippen LogP contribution is 2.41. The van der Waals surface area contributed by atoms with Gasteiger partial charge >= 0.3 is 6.18 Å². The summed E-state index contributed by atoms with van der Waals surface area (Å²) >= 11 is 0. The quantitative estimate of drug-likeness (QED) is 0.176. The molecule has 0 fully saturated rings. The van der Waals surface area contributed by atoms with Crippen molar-refractivity contribution in [1.82, 2.24) is 9.78 Å². The highest BCUT2D eigenvalue weighted by molar-refractivity contribution is 7.94. The molecule has 0 spiro atoms. The molecule has 1 aromatic heterocycles. The second kappa shape index (κ2) is 9.04. The van der Waals surface area contributed by atoms with Gasteiger partial charge in [0.2, 0.25) is 5.82 Å². The van der Waals surface area contributed by atoms with E-state index in [4.69, 9.17) is 4.74 Å². The fourth-order valence-corrected chi connectivity index (χ4v) is 5.61. The molecule has 1 aliphatic heterocycles. The molecule has 16 heteroatoms. The van der Waals surface area contributed by atoms with Gasteiger partial charge in [0.15, 0.2) is 29.0 Å². The first kappa shape index (κ1) is 27.1. The molecular formula is C24H11F8N3O4S. The van der Waals surface area contributed by atoms with E-state index in [2.05, 4.69) is 5.10 Å². The van der Waals surface area contributed by atoms with Gasteiger partial charge in [0, 0.05) is 5.56 Å². The Morgan fingerprint density at radius 1 is 0.825 bits per heavy atom. The summed E-state index contributed by atoms with van der Waals surface area (Å²) in [4.78, 5) is 12.2. The molecule has 40 heavy (non-hydrogen) atoms. The first-order valence-corrected chi connectivity index (χ1v) is 12.2. The minimum Gasteiger partial charge on any atom is -0.497 e. The van der Waals surface area contributed by atoms with Crippen molar-refractivity contribution in [2.75, 3.05) is 11.4 Å². The van der Waals surface area contributed by atoms with Crippen LogP contribution in [0, 0.1) is 29.1 Å². The lowest BCUT2D eigenvalue weighted by atomic mass is 10.1. The van der Waals surface area contributed by atoms with Crippen molar-refractivity contribution in [2.45, 2.75) is 11.1 Å². The smallest absolute Gasteiger partial charge is 0.435 e. The van der Waals surface area contributed by atoms with E-state index in [1.54, 1.807) is 0 Å². The van der Waals surface area contributed by atoms with Crippen molar-refractivity contribution in [3.05, 3.63) is 88.9 Å². The molecule has 4 aromatic rings. The third kappa shape index (κ3) is 3.97. The van der Waals surface area contributed by atoms with Gasteiger partial charge in [-0.1, -0.05) is 0 Å². The average Bonchev–Trinajstić information content (AvgIpc) is 3.45. The van der Waals surface area contributed by atoms with Crippen LogP contribution >= 0.6 is 0 Å². The molecular weight excluding hydrogens is 578 g/mol. The van der Waals surface area contributed by atoms with Crippen molar-refractivity contribution >= 4 is 21.6 Å². The van der Waals surface area contributed by atoms with Crippen LogP contribution in [0.1, 0.15) is 16.1 Å². The zero-order chi connectivity index (χ0) is 29.3. The van der Waals surface area contributed by atoms with E-state index in [0.29, 0.717) is 11.8 Å². The Balaban J connectivity index is 1.69. The summed E-state index contributed by atoms with van der Waals surface area (Å²) in [6.07, 6.45) is -4.91. The number of methoxy groups -OCH3 is 1. The van der Waals surface area contributed by atoms with Gasteiger partial charge in [-0.15, -0.1) is 0 Å². The lowest BCUT2D eigenvalue weighted by molar-refractivity contribution is -0.141. The monoisotopic (exact) mass is 589 g/mol. The van der Waals surface area contributed by atoms with Gasteiger partial charge in [0.05, 0.1) is 24.1 Å². The third-order valence-corrected chi connectivity index (χ3v) is 7.66. The van der Waals surface area contributed by atoms with Gasteiger partial charge < -0.3 is 4.74 Å². The summed E-state index contributed by atoms with van der Waals surface area (Å²) in [6, 6.07) is 8.83. The molecule has 0 N–H and O–H groups in total. The highest BCUT2D eigenvalue weighted by atomic mass is 32.2. The molecule has 7 nitrogen and oxygen atoms in total. The summed E-state index contributed by atoms with van der Waals surface area (Å²) < 4.78 is 142. The van der Waals surface area contributed by atoms with Crippen molar-refractivity contribution in [3.63, 3.8) is 0 Å². The fourth-order valence-electron chi connectivity index (χ4n) is 4.04. The van der Waals surface area contributed by atoms with Crippen LogP contribution in [0.3, 0.4) is 0 Å². The van der Waals surface area contributed by atoms with Crippen molar-refractivity contribution in [1.29, 1.82) is 0 Å². The number of carbonyl (C=O) groups excluding carboxylic acids is 1. The zero-order valence-corrected chi connectivity index (χ0v) is 20.3. The maximum absolute atomic E-state index is 14.4. The number of rotatable bonds is 4. The number of amides is 1. The molecule has 0 radical (unpaired) electrons. The summed E-state index contributed by atoms with van der Waals surface area (Å²) in [5.41, 5.74) is -4.43. The van der Waals surface area contributed by atoms with Gasteiger partial charge in [-0.25, -0.2) is 35.1 Å². The minimum absolute atomic E-state index is 0.153. The summed E-state index contributed by atoms with van der Waals surface area (Å²) in [5, 5.41) is 3.52. The van der Waals surface area contributed by atoms with Gasteiger partial charge in [-0.2, -0.15) is 22.6 Å². The molecule has 2 heterocycles. The van der Waals surface area contributed by atoms with Crippen LogP contribution in [0.25, 0.3) is 16.9 Å². The molecule has 208 valence electrons. The Labute approximate surface area is 218 Å². The number of sulfonamides is 1. The van der Waals surface area contributed by atoms with E-state index >= 15 is 0 Å². The minimum atomic E-state index is -5.20. The lowest BCUT2D eigenvalue weighted by Crippen LogP contribution is -2.32. The molecule has 1 amide bonds. The van der Waals surface area contributed by atoms with E-state index < -0.39 is 77.3 Å². The van der Waals surface area contributed by atoms with Crippen LogP contribution in [0.15, 0.2) is 53.4 Å². The van der Waals surface area contributed by atoms with Crippen molar-refractivity contribution in [2.24, 2.45) is 0 Å². The average molecular weight is 589 g/mol. The van der Waals surface area contributed by atoms with E-state index in [9.17, 15) is 48.3 Å². The normalized spacial score (nSPS) is 14.5. The molecule has 0 saturated carbocycles. The Hall–Kier alpha value is -4.47. The number of carbonyl (C=O) groups is 1. The van der Waals surface area contributed by atoms with Crippen LogP contribution in [-0.2, 0) is 16.2 Å². The number of anilines is 1. The second-order valence-corrected chi connectivity index (χ2v) is 9.98. The van der Waals surface area contributed by atoms with Crippen LogP contribution in [0.4, 0.5) is 40.8 Å². The number of aromatic nitrogens is 2. The predicted molar refractivity (Wildman–Crippen MR) is 121 cm³/mol. The molecule has 1 aliphatic rings. The van der Waals surface area contributed by atoms with E-state index in [1.165, 1.54) is 31.4 Å². The largest absolute Gasteiger partial charge is 0.497 e. The standard InChI is InChI=1S/C24H11F8N3O4S/c1-39-12-5-2-10(3-6-12)14-9-16(24(30,31)32)33-34(14)11-4-7-15-13(8-11)23(36)35(40(15,37)38)22-20(28)18(26)17(25)19(27)21(22)29/h2-9H,1H3. The number of hydrogen-bond acceptors (Lipinski definition) is 5. The topological polar surface area (TPSA) is 81.5 Å². The highest BCUT2D eigenvalue weighted by Gasteiger charge is 2.47. The number of halogens is 8.